The van der Waals surface area contributed by atoms with E-state index in [1.165, 1.54) is 12.1 Å². The predicted octanol–water partition coefficient (Wildman–Crippen LogP) is 3.35. The van der Waals surface area contributed by atoms with Crippen LogP contribution in [0.5, 0.6) is 5.75 Å². The average molecular weight is 331 g/mol. The van der Waals surface area contributed by atoms with Crippen LogP contribution in [-0.4, -0.2) is 34.8 Å². The standard InChI is InChI=1S/C17H19ClN4O/c18-15-3-4-17(23-9-6-19)14(10-15)12-22-8-1-2-13(11-22)16-5-7-20-21-16/h3-5,7,10,13H,1-2,8-9,11-12H2,(H,20,21). The van der Waals surface area contributed by atoms with Crippen molar-refractivity contribution in [3.63, 3.8) is 0 Å². The summed E-state index contributed by atoms with van der Waals surface area (Å²) in [5, 5.41) is 16.5. The molecule has 0 aliphatic carbocycles. The summed E-state index contributed by atoms with van der Waals surface area (Å²) in [7, 11) is 0. The van der Waals surface area contributed by atoms with Gasteiger partial charge in [-0.25, -0.2) is 0 Å². The molecule has 1 saturated heterocycles. The Kier molecular flexibility index (Phi) is 5.16. The van der Waals surface area contributed by atoms with Crippen molar-refractivity contribution in [1.29, 1.82) is 5.26 Å². The van der Waals surface area contributed by atoms with Crippen LogP contribution >= 0.6 is 11.6 Å². The second-order valence-corrected chi connectivity index (χ2v) is 6.22. The van der Waals surface area contributed by atoms with Gasteiger partial charge in [0.25, 0.3) is 0 Å². The number of hydrogen-bond acceptors (Lipinski definition) is 4. The van der Waals surface area contributed by atoms with Gasteiger partial charge in [-0.1, -0.05) is 11.6 Å². The number of aromatic nitrogens is 2. The molecule has 0 spiro atoms. The van der Waals surface area contributed by atoms with Crippen LogP contribution in [-0.2, 0) is 6.54 Å². The fourth-order valence-electron chi connectivity index (χ4n) is 3.11. The summed E-state index contributed by atoms with van der Waals surface area (Å²) < 4.78 is 5.52. The fraction of sp³-hybridized carbons (Fsp3) is 0.412. The van der Waals surface area contributed by atoms with Gasteiger partial charge in [-0.2, -0.15) is 10.4 Å². The molecule has 2 aromatic rings. The molecule has 6 heteroatoms. The summed E-state index contributed by atoms with van der Waals surface area (Å²) in [6.07, 6.45) is 4.13. The molecule has 23 heavy (non-hydrogen) atoms. The van der Waals surface area contributed by atoms with E-state index in [-0.39, 0.29) is 6.61 Å². The lowest BCUT2D eigenvalue weighted by Gasteiger charge is -2.32. The third kappa shape index (κ3) is 4.04. The maximum absolute atomic E-state index is 8.71. The number of piperidine rings is 1. The van der Waals surface area contributed by atoms with Crippen molar-refractivity contribution in [2.75, 3.05) is 19.7 Å². The third-order valence-corrected chi connectivity index (χ3v) is 4.41. The summed E-state index contributed by atoms with van der Waals surface area (Å²) in [5.74, 6) is 1.22. The van der Waals surface area contributed by atoms with Crippen LogP contribution in [0.4, 0.5) is 0 Å². The lowest BCUT2D eigenvalue weighted by Crippen LogP contribution is -2.34. The number of nitriles is 1. The van der Waals surface area contributed by atoms with Gasteiger partial charge in [0.2, 0.25) is 0 Å². The number of ether oxygens (including phenoxy) is 1. The van der Waals surface area contributed by atoms with Gasteiger partial charge in [0.15, 0.2) is 6.61 Å². The Morgan fingerprint density at radius 1 is 1.43 bits per heavy atom. The molecule has 1 aromatic heterocycles. The highest BCUT2D eigenvalue weighted by Crippen LogP contribution is 2.29. The molecule has 1 N–H and O–H groups in total. The molecule has 1 fully saturated rings. The highest BCUT2D eigenvalue weighted by Gasteiger charge is 2.23. The molecule has 1 atom stereocenters. The van der Waals surface area contributed by atoms with Gasteiger partial charge in [0.1, 0.15) is 11.8 Å². The minimum Gasteiger partial charge on any atom is -0.478 e. The monoisotopic (exact) mass is 330 g/mol. The molecule has 1 aromatic carbocycles. The number of hydrogen-bond donors (Lipinski definition) is 1. The Bertz CT molecular complexity index is 680. The number of H-pyrrole nitrogens is 1. The van der Waals surface area contributed by atoms with Gasteiger partial charge >= 0.3 is 0 Å². The Balaban J connectivity index is 1.71. The van der Waals surface area contributed by atoms with E-state index in [0.29, 0.717) is 10.9 Å². The number of nitrogens with one attached hydrogen (secondary N) is 1. The maximum atomic E-state index is 8.71. The van der Waals surface area contributed by atoms with Crippen LogP contribution in [0.25, 0.3) is 0 Å². The zero-order chi connectivity index (χ0) is 16.1. The zero-order valence-corrected chi connectivity index (χ0v) is 13.6. The van der Waals surface area contributed by atoms with E-state index in [1.807, 2.05) is 18.2 Å². The van der Waals surface area contributed by atoms with Crippen LogP contribution in [0, 0.1) is 11.3 Å². The molecule has 2 heterocycles. The Morgan fingerprint density at radius 3 is 3.13 bits per heavy atom. The molecule has 3 rings (SSSR count). The Morgan fingerprint density at radius 2 is 2.35 bits per heavy atom. The minimum absolute atomic E-state index is 0.0470. The first-order valence-corrected chi connectivity index (χ1v) is 8.14. The van der Waals surface area contributed by atoms with Gasteiger partial charge in [-0.05, 0) is 43.7 Å². The minimum atomic E-state index is 0.0470. The molecular weight excluding hydrogens is 312 g/mol. The molecule has 0 saturated carbocycles. The predicted molar refractivity (Wildman–Crippen MR) is 88.4 cm³/mol. The number of rotatable bonds is 5. The van der Waals surface area contributed by atoms with Crippen molar-refractivity contribution in [1.82, 2.24) is 15.1 Å². The van der Waals surface area contributed by atoms with Crippen LogP contribution in [0.1, 0.15) is 30.0 Å². The van der Waals surface area contributed by atoms with E-state index in [9.17, 15) is 0 Å². The number of likely N-dealkylation sites (tertiary alicyclic amines) is 1. The summed E-state index contributed by atoms with van der Waals surface area (Å²) in [6.45, 7) is 2.85. The molecule has 120 valence electrons. The molecule has 1 aliphatic heterocycles. The molecular formula is C17H19ClN4O. The van der Waals surface area contributed by atoms with Crippen molar-refractivity contribution in [3.8, 4) is 11.8 Å². The van der Waals surface area contributed by atoms with Crippen molar-refractivity contribution in [2.24, 2.45) is 0 Å². The normalized spacial score (nSPS) is 18.5. The topological polar surface area (TPSA) is 64.9 Å². The van der Waals surface area contributed by atoms with Gasteiger partial charge in [0, 0.05) is 41.5 Å². The SMILES string of the molecule is N#CCOc1ccc(Cl)cc1CN1CCCC(c2ccn[nH]2)C1. The van der Waals surface area contributed by atoms with Crippen molar-refractivity contribution in [3.05, 3.63) is 46.7 Å². The van der Waals surface area contributed by atoms with E-state index in [1.54, 1.807) is 12.3 Å². The van der Waals surface area contributed by atoms with Crippen LogP contribution in [0.3, 0.4) is 0 Å². The third-order valence-electron chi connectivity index (χ3n) is 4.18. The first-order valence-electron chi connectivity index (χ1n) is 7.76. The number of aromatic amines is 1. The van der Waals surface area contributed by atoms with Crippen molar-refractivity contribution < 1.29 is 4.74 Å². The van der Waals surface area contributed by atoms with Crippen molar-refractivity contribution in [2.45, 2.75) is 25.3 Å². The molecule has 1 aliphatic rings. The van der Waals surface area contributed by atoms with Gasteiger partial charge in [-0.3, -0.25) is 10.00 Å². The Hall–Kier alpha value is -2.03. The average Bonchev–Trinajstić information content (AvgIpc) is 3.09. The van der Waals surface area contributed by atoms with E-state index in [0.717, 1.165) is 37.4 Å². The van der Waals surface area contributed by atoms with Gasteiger partial charge in [0.05, 0.1) is 0 Å². The van der Waals surface area contributed by atoms with Crippen LogP contribution in [0.15, 0.2) is 30.5 Å². The van der Waals surface area contributed by atoms with Crippen LogP contribution < -0.4 is 4.74 Å². The maximum Gasteiger partial charge on any atom is 0.174 e. The largest absolute Gasteiger partial charge is 0.478 e. The number of halogens is 1. The summed E-state index contributed by atoms with van der Waals surface area (Å²) in [6, 6.07) is 9.61. The molecule has 1 unspecified atom stereocenters. The molecule has 0 amide bonds. The number of benzene rings is 1. The highest BCUT2D eigenvalue weighted by molar-refractivity contribution is 6.30. The first-order chi connectivity index (χ1) is 11.3. The fourth-order valence-corrected chi connectivity index (χ4v) is 3.31. The molecule has 0 bridgehead atoms. The lowest BCUT2D eigenvalue weighted by atomic mass is 9.94. The van der Waals surface area contributed by atoms with E-state index in [2.05, 4.69) is 21.2 Å². The first kappa shape index (κ1) is 15.9. The highest BCUT2D eigenvalue weighted by atomic mass is 35.5. The number of nitrogens with zero attached hydrogens (tertiary/aromatic N) is 3. The quantitative estimate of drug-likeness (QED) is 0.913. The molecule has 0 radical (unpaired) electrons. The van der Waals surface area contributed by atoms with E-state index in [4.69, 9.17) is 21.6 Å². The second-order valence-electron chi connectivity index (χ2n) is 5.79. The molecule has 5 nitrogen and oxygen atoms in total. The summed E-state index contributed by atoms with van der Waals surface area (Å²) >= 11 is 6.13. The second kappa shape index (κ2) is 7.49. The van der Waals surface area contributed by atoms with Gasteiger partial charge < -0.3 is 4.74 Å². The zero-order valence-electron chi connectivity index (χ0n) is 12.8. The smallest absolute Gasteiger partial charge is 0.174 e. The van der Waals surface area contributed by atoms with Crippen LogP contribution in [0.2, 0.25) is 5.02 Å². The van der Waals surface area contributed by atoms with Crippen molar-refractivity contribution >= 4 is 11.6 Å². The summed E-state index contributed by atoms with van der Waals surface area (Å²) in [4.78, 5) is 2.40. The van der Waals surface area contributed by atoms with E-state index < -0.39 is 0 Å². The lowest BCUT2D eigenvalue weighted by molar-refractivity contribution is 0.196. The Labute approximate surface area is 140 Å². The van der Waals surface area contributed by atoms with E-state index >= 15 is 0 Å². The van der Waals surface area contributed by atoms with Gasteiger partial charge in [-0.15, -0.1) is 0 Å². The summed E-state index contributed by atoms with van der Waals surface area (Å²) in [5.41, 5.74) is 2.22.